The first-order chi connectivity index (χ1) is 39.5. The van der Waals surface area contributed by atoms with Crippen molar-refractivity contribution in [2.75, 3.05) is 13.2 Å². The zero-order valence-electron chi connectivity index (χ0n) is 53.1. The summed E-state index contributed by atoms with van der Waals surface area (Å²) in [6, 6.07) is 0. The number of esters is 3. The van der Waals surface area contributed by atoms with Gasteiger partial charge in [-0.3, -0.25) is 14.4 Å². The molecule has 6 nitrogen and oxygen atoms in total. The lowest BCUT2D eigenvalue weighted by Gasteiger charge is -2.18. The number of hydrogen-bond acceptors (Lipinski definition) is 6. The summed E-state index contributed by atoms with van der Waals surface area (Å²) in [6.07, 6.45) is 90.8. The van der Waals surface area contributed by atoms with Crippen LogP contribution in [-0.4, -0.2) is 37.2 Å². The Kier molecular flexibility index (Phi) is 65.2. The molecule has 1 atom stereocenters. The maximum absolute atomic E-state index is 12.9. The summed E-state index contributed by atoms with van der Waals surface area (Å²) >= 11 is 0. The van der Waals surface area contributed by atoms with E-state index in [1.54, 1.807) is 0 Å². The standard InChI is InChI=1S/C74H130O6/c1-4-7-10-13-16-18-20-22-24-26-28-30-32-33-34-35-36-37-38-39-40-41-43-44-46-48-50-52-54-56-58-61-64-67-73(76)79-70-71(69-78-72(75)66-63-60-15-12-9-6-3)80-74(77)68-65-62-59-57-55-53-51-49-47-45-42-31-29-27-25-23-21-19-17-14-11-8-5-2/h7,10,16,18,21-24,27-30,33-34,71H,4-6,8-9,11-15,17,19-20,25-26,31-32,35-70H2,1-3H3/b10-7-,18-16-,23-21-,24-22-,29-27-,30-28-,34-33-. The third kappa shape index (κ3) is 65.4. The highest BCUT2D eigenvalue weighted by atomic mass is 16.6. The second kappa shape index (κ2) is 68.1. The predicted octanol–water partition coefficient (Wildman–Crippen LogP) is 23.8. The average Bonchev–Trinajstić information content (AvgIpc) is 3.46. The Morgan fingerprint density at radius 3 is 0.762 bits per heavy atom. The highest BCUT2D eigenvalue weighted by Gasteiger charge is 2.19. The van der Waals surface area contributed by atoms with Gasteiger partial charge in [-0.25, -0.2) is 0 Å². The van der Waals surface area contributed by atoms with Gasteiger partial charge in [-0.05, 0) is 96.3 Å². The number of hydrogen-bond donors (Lipinski definition) is 0. The molecule has 1 unspecified atom stereocenters. The Balaban J connectivity index is 4.00. The first kappa shape index (κ1) is 76.6. The van der Waals surface area contributed by atoms with Gasteiger partial charge in [0.2, 0.25) is 0 Å². The van der Waals surface area contributed by atoms with Crippen LogP contribution in [0.3, 0.4) is 0 Å². The molecule has 0 spiro atoms. The van der Waals surface area contributed by atoms with Crippen LogP contribution in [0, 0.1) is 0 Å². The van der Waals surface area contributed by atoms with Gasteiger partial charge in [0.25, 0.3) is 0 Å². The maximum atomic E-state index is 12.9. The van der Waals surface area contributed by atoms with Crippen LogP contribution in [-0.2, 0) is 28.6 Å². The number of ether oxygens (including phenoxy) is 3. The SMILES string of the molecule is CC/C=C\C/C=C\C/C=C\C/C=C\C/C=C\CCCCCCCCCCCCCCCCCCCC(=O)OCC(COC(=O)CCCCCCCC)OC(=O)CCCCCCCCCCCCC/C=C\C/C=C\CCCCCCC. The molecule has 0 aliphatic heterocycles. The highest BCUT2D eigenvalue weighted by molar-refractivity contribution is 5.71. The van der Waals surface area contributed by atoms with Gasteiger partial charge in [0.15, 0.2) is 6.10 Å². The maximum Gasteiger partial charge on any atom is 0.306 e. The lowest BCUT2D eigenvalue weighted by atomic mass is 10.0. The summed E-state index contributed by atoms with van der Waals surface area (Å²) in [5.74, 6) is -0.868. The van der Waals surface area contributed by atoms with Crippen LogP contribution in [0.15, 0.2) is 85.1 Å². The van der Waals surface area contributed by atoms with Crippen molar-refractivity contribution in [1.82, 2.24) is 0 Å². The molecule has 6 heteroatoms. The Hall–Kier alpha value is -3.41. The molecule has 0 aromatic rings. The van der Waals surface area contributed by atoms with Gasteiger partial charge in [0.1, 0.15) is 13.2 Å². The van der Waals surface area contributed by atoms with Gasteiger partial charge in [-0.15, -0.1) is 0 Å². The molecule has 0 aromatic carbocycles. The molecule has 0 rings (SSSR count). The Bertz CT molecular complexity index is 1520. The van der Waals surface area contributed by atoms with Crippen LogP contribution in [0.25, 0.3) is 0 Å². The molecule has 462 valence electrons. The van der Waals surface area contributed by atoms with Crippen molar-refractivity contribution in [3.05, 3.63) is 85.1 Å². The second-order valence-electron chi connectivity index (χ2n) is 23.1. The van der Waals surface area contributed by atoms with Gasteiger partial charge in [0.05, 0.1) is 0 Å². The van der Waals surface area contributed by atoms with Crippen LogP contribution in [0.4, 0.5) is 0 Å². The van der Waals surface area contributed by atoms with Gasteiger partial charge in [0, 0.05) is 19.3 Å². The van der Waals surface area contributed by atoms with Crippen LogP contribution in [0.5, 0.6) is 0 Å². The van der Waals surface area contributed by atoms with Gasteiger partial charge in [-0.1, -0.05) is 318 Å². The van der Waals surface area contributed by atoms with E-state index in [2.05, 4.69) is 106 Å². The lowest BCUT2D eigenvalue weighted by Crippen LogP contribution is -2.30. The second-order valence-corrected chi connectivity index (χ2v) is 23.1. The summed E-state index contributed by atoms with van der Waals surface area (Å²) < 4.78 is 16.8. The zero-order valence-corrected chi connectivity index (χ0v) is 53.1. The van der Waals surface area contributed by atoms with Crippen molar-refractivity contribution >= 4 is 17.9 Å². The van der Waals surface area contributed by atoms with Gasteiger partial charge < -0.3 is 14.2 Å². The fourth-order valence-corrected chi connectivity index (χ4v) is 9.97. The first-order valence-corrected chi connectivity index (χ1v) is 34.6. The fraction of sp³-hybridized carbons (Fsp3) is 0.770. The largest absolute Gasteiger partial charge is 0.462 e. The van der Waals surface area contributed by atoms with Crippen LogP contribution < -0.4 is 0 Å². The molecule has 0 bridgehead atoms. The lowest BCUT2D eigenvalue weighted by molar-refractivity contribution is -0.167. The van der Waals surface area contributed by atoms with Gasteiger partial charge in [-0.2, -0.15) is 0 Å². The Morgan fingerprint density at radius 1 is 0.263 bits per heavy atom. The minimum Gasteiger partial charge on any atom is -0.462 e. The summed E-state index contributed by atoms with van der Waals surface area (Å²) in [5.41, 5.74) is 0. The number of carbonyl (C=O) groups excluding carboxylic acids is 3. The van der Waals surface area contributed by atoms with E-state index in [1.165, 1.54) is 212 Å². The number of carbonyl (C=O) groups is 3. The minimum absolute atomic E-state index is 0.0728. The van der Waals surface area contributed by atoms with Crippen LogP contribution in [0.2, 0.25) is 0 Å². The molecule has 0 amide bonds. The third-order valence-corrected chi connectivity index (χ3v) is 15.1. The van der Waals surface area contributed by atoms with Crippen LogP contribution in [0.1, 0.15) is 348 Å². The van der Waals surface area contributed by atoms with E-state index in [0.717, 1.165) is 96.3 Å². The summed E-state index contributed by atoms with van der Waals surface area (Å²) in [6.45, 7) is 6.49. The molecule has 0 radical (unpaired) electrons. The van der Waals surface area contributed by atoms with E-state index in [9.17, 15) is 14.4 Å². The van der Waals surface area contributed by atoms with E-state index < -0.39 is 6.10 Å². The molecule has 0 aliphatic rings. The fourth-order valence-electron chi connectivity index (χ4n) is 9.97. The zero-order chi connectivity index (χ0) is 57.8. The summed E-state index contributed by atoms with van der Waals surface area (Å²) in [4.78, 5) is 38.1. The van der Waals surface area contributed by atoms with Crippen molar-refractivity contribution in [2.45, 2.75) is 354 Å². The van der Waals surface area contributed by atoms with Crippen LogP contribution >= 0.6 is 0 Å². The summed E-state index contributed by atoms with van der Waals surface area (Å²) in [7, 11) is 0. The molecule has 0 heterocycles. The van der Waals surface area contributed by atoms with E-state index in [-0.39, 0.29) is 31.1 Å². The topological polar surface area (TPSA) is 78.9 Å². The molecule has 0 aliphatic carbocycles. The van der Waals surface area contributed by atoms with E-state index in [4.69, 9.17) is 14.2 Å². The van der Waals surface area contributed by atoms with Crippen molar-refractivity contribution in [3.8, 4) is 0 Å². The number of rotatable bonds is 63. The van der Waals surface area contributed by atoms with Crippen molar-refractivity contribution in [3.63, 3.8) is 0 Å². The van der Waals surface area contributed by atoms with Crippen molar-refractivity contribution in [1.29, 1.82) is 0 Å². The summed E-state index contributed by atoms with van der Waals surface area (Å²) in [5, 5.41) is 0. The predicted molar refractivity (Wildman–Crippen MR) is 348 cm³/mol. The highest BCUT2D eigenvalue weighted by Crippen LogP contribution is 2.17. The molecule has 0 saturated carbocycles. The molecule has 0 N–H and O–H groups in total. The monoisotopic (exact) mass is 1110 g/mol. The third-order valence-electron chi connectivity index (χ3n) is 15.1. The molecular weight excluding hydrogens is 985 g/mol. The number of unbranched alkanes of at least 4 members (excludes halogenated alkanes) is 38. The Labute approximate surface area is 496 Å². The van der Waals surface area contributed by atoms with Gasteiger partial charge >= 0.3 is 17.9 Å². The van der Waals surface area contributed by atoms with E-state index in [0.29, 0.717) is 19.3 Å². The average molecular weight is 1120 g/mol. The molecular formula is C74H130O6. The molecule has 0 saturated heterocycles. The van der Waals surface area contributed by atoms with E-state index in [1.807, 2.05) is 0 Å². The normalized spacial score (nSPS) is 12.6. The first-order valence-electron chi connectivity index (χ1n) is 34.6. The minimum atomic E-state index is -0.773. The van der Waals surface area contributed by atoms with E-state index >= 15 is 0 Å². The molecule has 0 fully saturated rings. The molecule has 0 aromatic heterocycles. The Morgan fingerprint density at radius 2 is 0.487 bits per heavy atom. The van der Waals surface area contributed by atoms with Crippen molar-refractivity contribution < 1.29 is 28.6 Å². The quantitative estimate of drug-likeness (QED) is 0.0261. The van der Waals surface area contributed by atoms with Crippen molar-refractivity contribution in [2.24, 2.45) is 0 Å². The number of allylic oxidation sites excluding steroid dienone is 14. The smallest absolute Gasteiger partial charge is 0.306 e. The molecule has 80 heavy (non-hydrogen) atoms.